The number of hydrogen-bond acceptors (Lipinski definition) is 4. The summed E-state index contributed by atoms with van der Waals surface area (Å²) in [6.07, 6.45) is 2.71. The molecule has 0 atom stereocenters. The molecule has 4 rings (SSSR count). The molecule has 0 bridgehead atoms. The van der Waals surface area contributed by atoms with Gasteiger partial charge >= 0.3 is 6.03 Å². The van der Waals surface area contributed by atoms with Crippen LogP contribution < -0.4 is 15.4 Å². The zero-order valence-corrected chi connectivity index (χ0v) is 19.3. The van der Waals surface area contributed by atoms with Crippen LogP contribution in [-0.2, 0) is 17.1 Å². The van der Waals surface area contributed by atoms with Crippen molar-refractivity contribution in [3.63, 3.8) is 0 Å². The van der Waals surface area contributed by atoms with Gasteiger partial charge < -0.3 is 15.2 Å². The number of aryl methyl sites for hydroxylation is 1. The van der Waals surface area contributed by atoms with Crippen LogP contribution in [0.4, 0.5) is 10.5 Å². The maximum absolute atomic E-state index is 12.8. The van der Waals surface area contributed by atoms with Crippen molar-refractivity contribution in [2.45, 2.75) is 30.2 Å². The van der Waals surface area contributed by atoms with Gasteiger partial charge in [-0.25, -0.2) is 17.9 Å². The van der Waals surface area contributed by atoms with E-state index in [1.54, 1.807) is 29.8 Å². The molecule has 3 aromatic rings. The Morgan fingerprint density at radius 1 is 1.06 bits per heavy atom. The van der Waals surface area contributed by atoms with Crippen molar-refractivity contribution in [3.05, 3.63) is 58.2 Å². The summed E-state index contributed by atoms with van der Waals surface area (Å²) in [5, 5.41) is 6.75. The van der Waals surface area contributed by atoms with Crippen LogP contribution in [0.15, 0.2) is 47.4 Å². The van der Waals surface area contributed by atoms with Gasteiger partial charge in [-0.1, -0.05) is 23.2 Å². The molecule has 1 aliphatic rings. The zero-order valence-electron chi connectivity index (χ0n) is 17.0. The van der Waals surface area contributed by atoms with Crippen LogP contribution in [0.1, 0.15) is 29.8 Å². The molecule has 1 heterocycles. The van der Waals surface area contributed by atoms with Crippen LogP contribution in [0.25, 0.3) is 10.9 Å². The summed E-state index contributed by atoms with van der Waals surface area (Å²) in [7, 11) is -2.29. The first kappa shape index (κ1) is 22.4. The van der Waals surface area contributed by atoms with Crippen molar-refractivity contribution >= 4 is 61.8 Å². The highest BCUT2D eigenvalue weighted by atomic mass is 35.5. The van der Waals surface area contributed by atoms with Crippen molar-refractivity contribution in [2.75, 3.05) is 5.32 Å². The fraction of sp³-hybridized carbons (Fsp3) is 0.238. The lowest BCUT2D eigenvalue weighted by Gasteiger charge is -2.26. The number of urea groups is 1. The number of halogens is 2. The van der Waals surface area contributed by atoms with Gasteiger partial charge in [-0.05, 0) is 61.7 Å². The number of nitrogens with zero attached hydrogens (tertiary/aromatic N) is 1. The molecule has 0 aliphatic heterocycles. The largest absolute Gasteiger partial charge is 0.340 e. The smallest absolute Gasteiger partial charge is 0.328 e. The Balaban J connectivity index is 1.47. The lowest BCUT2D eigenvalue weighted by molar-refractivity contribution is 0.101. The maximum atomic E-state index is 12.8. The van der Waals surface area contributed by atoms with Gasteiger partial charge in [0.2, 0.25) is 0 Å². The van der Waals surface area contributed by atoms with E-state index in [0.29, 0.717) is 26.8 Å². The third-order valence-corrected chi connectivity index (χ3v) is 7.60. The summed E-state index contributed by atoms with van der Waals surface area (Å²) in [6, 6.07) is 9.86. The highest BCUT2D eigenvalue weighted by Gasteiger charge is 2.23. The lowest BCUT2D eigenvalue weighted by Crippen LogP contribution is -2.46. The monoisotopic (exact) mass is 494 g/mol. The van der Waals surface area contributed by atoms with Gasteiger partial charge in [0.1, 0.15) is 5.69 Å². The highest BCUT2D eigenvalue weighted by Crippen LogP contribution is 2.32. The average molecular weight is 495 g/mol. The number of nitrogens with one attached hydrogen (secondary N) is 3. The first-order valence-electron chi connectivity index (χ1n) is 9.84. The number of benzene rings is 2. The van der Waals surface area contributed by atoms with Gasteiger partial charge in [0.15, 0.2) is 0 Å². The van der Waals surface area contributed by atoms with E-state index in [9.17, 15) is 18.0 Å². The number of carbonyl (C=O) groups excluding carboxylic acids is 2. The second-order valence-electron chi connectivity index (χ2n) is 7.57. The lowest BCUT2D eigenvalue weighted by atomic mass is 9.93. The molecule has 0 radical (unpaired) electrons. The molecule has 0 spiro atoms. The topological polar surface area (TPSA) is 109 Å². The molecule has 1 aromatic heterocycles. The van der Waals surface area contributed by atoms with E-state index in [0.717, 1.165) is 24.8 Å². The van der Waals surface area contributed by atoms with E-state index < -0.39 is 22.0 Å². The Kier molecular flexibility index (Phi) is 6.07. The number of aromatic nitrogens is 1. The predicted octanol–water partition coefficient (Wildman–Crippen LogP) is 4.28. The van der Waals surface area contributed by atoms with E-state index in [2.05, 4.69) is 10.6 Å². The molecule has 32 heavy (non-hydrogen) atoms. The Morgan fingerprint density at radius 2 is 1.75 bits per heavy atom. The third-order valence-electron chi connectivity index (χ3n) is 5.44. The number of carbonyl (C=O) groups is 2. The van der Waals surface area contributed by atoms with Crippen molar-refractivity contribution in [1.29, 1.82) is 0 Å². The molecule has 1 saturated carbocycles. The Bertz CT molecular complexity index is 1320. The van der Waals surface area contributed by atoms with E-state index in [1.807, 2.05) is 4.72 Å². The van der Waals surface area contributed by atoms with E-state index >= 15 is 0 Å². The minimum Gasteiger partial charge on any atom is -0.340 e. The summed E-state index contributed by atoms with van der Waals surface area (Å²) in [5.41, 5.74) is 1.50. The normalized spacial score (nSPS) is 14.1. The van der Waals surface area contributed by atoms with Crippen molar-refractivity contribution in [2.24, 2.45) is 7.05 Å². The van der Waals surface area contributed by atoms with Gasteiger partial charge in [0.25, 0.3) is 15.9 Å². The summed E-state index contributed by atoms with van der Waals surface area (Å²) in [4.78, 5) is 24.6. The minimum atomic E-state index is -4.03. The van der Waals surface area contributed by atoms with Gasteiger partial charge in [-0.3, -0.25) is 4.79 Å². The van der Waals surface area contributed by atoms with Crippen LogP contribution in [0.2, 0.25) is 10.0 Å². The van der Waals surface area contributed by atoms with Crippen molar-refractivity contribution < 1.29 is 18.0 Å². The fourth-order valence-corrected chi connectivity index (χ4v) is 4.72. The highest BCUT2D eigenvalue weighted by molar-refractivity contribution is 7.90. The summed E-state index contributed by atoms with van der Waals surface area (Å²) < 4.78 is 28.5. The molecule has 168 valence electrons. The van der Waals surface area contributed by atoms with Gasteiger partial charge in [0.05, 0.1) is 14.9 Å². The van der Waals surface area contributed by atoms with Crippen LogP contribution in [0, 0.1) is 0 Å². The Labute approximate surface area is 194 Å². The molecule has 11 heteroatoms. The molecule has 2 aromatic carbocycles. The van der Waals surface area contributed by atoms with Crippen molar-refractivity contribution in [1.82, 2.24) is 14.6 Å². The van der Waals surface area contributed by atoms with Gasteiger partial charge in [-0.15, -0.1) is 0 Å². The average Bonchev–Trinajstić information content (AvgIpc) is 3.05. The SMILES string of the molecule is Cn1c(C(=O)Nc2ccc(S(=O)(=O)NC(=O)NC3CCC3)cc2)cc2c(Cl)c(Cl)ccc21. The van der Waals surface area contributed by atoms with Crippen LogP contribution in [0.3, 0.4) is 0 Å². The molecule has 3 N–H and O–H groups in total. The number of sulfonamides is 1. The number of hydrogen-bond donors (Lipinski definition) is 3. The minimum absolute atomic E-state index is 0.0165. The summed E-state index contributed by atoms with van der Waals surface area (Å²) in [5.74, 6) is -0.399. The van der Waals surface area contributed by atoms with E-state index in [4.69, 9.17) is 23.2 Å². The quantitative estimate of drug-likeness (QED) is 0.491. The van der Waals surface area contributed by atoms with Gasteiger partial charge in [0, 0.05) is 29.7 Å². The zero-order chi connectivity index (χ0) is 23.0. The second kappa shape index (κ2) is 8.65. The number of fused-ring (bicyclic) bond motifs is 1. The predicted molar refractivity (Wildman–Crippen MR) is 124 cm³/mol. The molecule has 1 fully saturated rings. The molecule has 0 unspecified atom stereocenters. The van der Waals surface area contributed by atoms with Gasteiger partial charge in [-0.2, -0.15) is 0 Å². The number of anilines is 1. The Morgan fingerprint density at radius 3 is 2.38 bits per heavy atom. The van der Waals surface area contributed by atoms with Crippen molar-refractivity contribution in [3.8, 4) is 0 Å². The molecular formula is C21H20Cl2N4O4S. The molecule has 1 aliphatic carbocycles. The first-order chi connectivity index (χ1) is 15.2. The van der Waals surface area contributed by atoms with Crippen LogP contribution in [-0.4, -0.2) is 31.0 Å². The fourth-order valence-electron chi connectivity index (χ4n) is 3.43. The molecule has 3 amide bonds. The molecule has 0 saturated heterocycles. The summed E-state index contributed by atoms with van der Waals surface area (Å²) in [6.45, 7) is 0. The molecule has 8 nitrogen and oxygen atoms in total. The summed E-state index contributed by atoms with van der Waals surface area (Å²) >= 11 is 12.3. The first-order valence-corrected chi connectivity index (χ1v) is 12.1. The second-order valence-corrected chi connectivity index (χ2v) is 10.0. The maximum Gasteiger partial charge on any atom is 0.328 e. The van der Waals surface area contributed by atoms with Crippen LogP contribution in [0.5, 0.6) is 0 Å². The van der Waals surface area contributed by atoms with Crippen LogP contribution >= 0.6 is 23.2 Å². The Hall–Kier alpha value is -2.75. The van der Waals surface area contributed by atoms with E-state index in [-0.39, 0.29) is 10.9 Å². The third kappa shape index (κ3) is 4.41. The molecular weight excluding hydrogens is 475 g/mol. The number of rotatable bonds is 5. The van der Waals surface area contributed by atoms with E-state index in [1.165, 1.54) is 24.3 Å². The number of amides is 3. The standard InChI is InChI=1S/C21H20Cl2N4O4S/c1-27-17-10-9-16(22)19(23)15(17)11-18(27)20(28)24-13-5-7-14(8-6-13)32(30,31)26-21(29)25-12-3-2-4-12/h5-12H,2-4H2,1H3,(H,24,28)(H2,25,26,29).